The minimum absolute atomic E-state index is 0.0403. The van der Waals surface area contributed by atoms with Gasteiger partial charge in [0.2, 0.25) is 11.8 Å². The van der Waals surface area contributed by atoms with Crippen LogP contribution in [0.2, 0.25) is 0 Å². The monoisotopic (exact) mass is 302 g/mol. The number of rotatable bonds is 4. The van der Waals surface area contributed by atoms with E-state index in [0.717, 1.165) is 19.3 Å². The van der Waals surface area contributed by atoms with Gasteiger partial charge in [-0.15, -0.1) is 0 Å². The highest BCUT2D eigenvalue weighted by molar-refractivity contribution is 5.80. The van der Waals surface area contributed by atoms with Gasteiger partial charge in [0.1, 0.15) is 0 Å². The Bertz CT molecular complexity index is 524. The largest absolute Gasteiger partial charge is 0.356 e. The molecule has 2 atom stereocenters. The fourth-order valence-electron chi connectivity index (χ4n) is 3.17. The Hall–Kier alpha value is -1.84. The van der Waals surface area contributed by atoms with Crippen LogP contribution in [0.1, 0.15) is 50.8 Å². The second kappa shape index (κ2) is 7.43. The lowest BCUT2D eigenvalue weighted by molar-refractivity contribution is -0.137. The molecule has 0 aliphatic carbocycles. The summed E-state index contributed by atoms with van der Waals surface area (Å²) in [6.07, 6.45) is 2.68. The average molecular weight is 302 g/mol. The molecule has 1 heterocycles. The van der Waals surface area contributed by atoms with Crippen molar-refractivity contribution in [1.82, 2.24) is 10.2 Å². The molecule has 2 amide bonds. The van der Waals surface area contributed by atoms with Gasteiger partial charge in [-0.05, 0) is 37.3 Å². The van der Waals surface area contributed by atoms with Gasteiger partial charge in [-0.1, -0.05) is 31.2 Å². The Morgan fingerprint density at radius 3 is 2.41 bits per heavy atom. The van der Waals surface area contributed by atoms with Crippen molar-refractivity contribution in [3.8, 4) is 0 Å². The van der Waals surface area contributed by atoms with E-state index in [1.807, 2.05) is 11.8 Å². The van der Waals surface area contributed by atoms with Crippen LogP contribution < -0.4 is 5.32 Å². The van der Waals surface area contributed by atoms with E-state index >= 15 is 0 Å². The number of piperidine rings is 1. The van der Waals surface area contributed by atoms with Crippen LogP contribution in [0.25, 0.3) is 0 Å². The predicted octanol–water partition coefficient (Wildman–Crippen LogP) is 2.68. The molecule has 1 N–H and O–H groups in total. The van der Waals surface area contributed by atoms with Gasteiger partial charge < -0.3 is 10.2 Å². The fraction of sp³-hybridized carbons (Fsp3) is 0.556. The lowest BCUT2D eigenvalue weighted by Crippen LogP contribution is -2.46. The molecule has 4 nitrogen and oxygen atoms in total. The van der Waals surface area contributed by atoms with Crippen molar-refractivity contribution >= 4 is 11.8 Å². The Balaban J connectivity index is 2.14. The number of likely N-dealkylation sites (tertiary alicyclic amines) is 1. The minimum atomic E-state index is -0.0879. The van der Waals surface area contributed by atoms with Crippen LogP contribution in [-0.2, 0) is 16.0 Å². The highest BCUT2D eigenvalue weighted by Gasteiger charge is 2.33. The Kier molecular flexibility index (Phi) is 5.58. The first-order valence-corrected chi connectivity index (χ1v) is 8.20. The standard InChI is InChI=1S/C18H26N2O2/c1-4-14-6-8-15(9-7-14)17-11-10-16(18(22)19-5-2)12-20(17)13(3)21/h6-9,16-17H,4-5,10-12H2,1-3H3,(H,19,22). The van der Waals surface area contributed by atoms with Gasteiger partial charge in [0.05, 0.1) is 12.0 Å². The molecule has 0 aromatic heterocycles. The van der Waals surface area contributed by atoms with Crippen LogP contribution in [-0.4, -0.2) is 29.8 Å². The van der Waals surface area contributed by atoms with Crippen LogP contribution in [0.15, 0.2) is 24.3 Å². The van der Waals surface area contributed by atoms with E-state index in [0.29, 0.717) is 13.1 Å². The molecule has 0 spiro atoms. The summed E-state index contributed by atoms with van der Waals surface area (Å²) in [6, 6.07) is 8.58. The number of aryl methyl sites for hydroxylation is 1. The van der Waals surface area contributed by atoms with Gasteiger partial charge in [-0.3, -0.25) is 9.59 Å². The van der Waals surface area contributed by atoms with E-state index in [-0.39, 0.29) is 23.8 Å². The number of nitrogens with one attached hydrogen (secondary N) is 1. The molecule has 0 bridgehead atoms. The first-order chi connectivity index (χ1) is 10.6. The molecule has 1 aromatic carbocycles. The third-order valence-corrected chi connectivity index (χ3v) is 4.48. The summed E-state index contributed by atoms with van der Waals surface area (Å²) >= 11 is 0. The van der Waals surface area contributed by atoms with Crippen molar-refractivity contribution in [1.29, 1.82) is 0 Å². The number of nitrogens with zero attached hydrogens (tertiary/aromatic N) is 1. The molecule has 1 fully saturated rings. The van der Waals surface area contributed by atoms with Crippen molar-refractivity contribution in [2.45, 2.75) is 46.1 Å². The molecule has 0 saturated carbocycles. The molecule has 1 aliphatic heterocycles. The lowest BCUT2D eigenvalue weighted by atomic mass is 9.88. The Labute approximate surface area is 132 Å². The number of carbonyl (C=O) groups is 2. The maximum absolute atomic E-state index is 12.0. The summed E-state index contributed by atoms with van der Waals surface area (Å²) in [5.41, 5.74) is 2.47. The minimum Gasteiger partial charge on any atom is -0.356 e. The average Bonchev–Trinajstić information content (AvgIpc) is 2.54. The quantitative estimate of drug-likeness (QED) is 0.929. The first-order valence-electron chi connectivity index (χ1n) is 8.20. The second-order valence-corrected chi connectivity index (χ2v) is 5.95. The summed E-state index contributed by atoms with van der Waals surface area (Å²) in [4.78, 5) is 25.9. The topological polar surface area (TPSA) is 49.4 Å². The molecular weight excluding hydrogens is 276 g/mol. The molecule has 2 unspecified atom stereocenters. The van der Waals surface area contributed by atoms with Crippen LogP contribution in [0, 0.1) is 5.92 Å². The summed E-state index contributed by atoms with van der Waals surface area (Å²) in [5, 5.41) is 2.87. The Morgan fingerprint density at radius 2 is 1.86 bits per heavy atom. The maximum Gasteiger partial charge on any atom is 0.224 e. The molecule has 0 radical (unpaired) electrons. The van der Waals surface area contributed by atoms with E-state index in [2.05, 4.69) is 36.5 Å². The van der Waals surface area contributed by atoms with Gasteiger partial charge >= 0.3 is 0 Å². The first kappa shape index (κ1) is 16.5. The summed E-state index contributed by atoms with van der Waals surface area (Å²) in [6.45, 7) is 6.79. The highest BCUT2D eigenvalue weighted by Crippen LogP contribution is 2.33. The van der Waals surface area contributed by atoms with Gasteiger partial charge in [-0.25, -0.2) is 0 Å². The van der Waals surface area contributed by atoms with Crippen molar-refractivity contribution in [2.24, 2.45) is 5.92 Å². The van der Waals surface area contributed by atoms with Crippen LogP contribution in [0.5, 0.6) is 0 Å². The zero-order valence-electron chi connectivity index (χ0n) is 13.8. The van der Waals surface area contributed by atoms with Crippen molar-refractivity contribution in [3.05, 3.63) is 35.4 Å². The summed E-state index contributed by atoms with van der Waals surface area (Å²) in [5.74, 6) is 0.0158. The zero-order valence-corrected chi connectivity index (χ0v) is 13.8. The van der Waals surface area contributed by atoms with E-state index in [1.54, 1.807) is 6.92 Å². The SMILES string of the molecule is CCNC(=O)C1CCC(c2ccc(CC)cc2)N(C(C)=O)C1. The van der Waals surface area contributed by atoms with E-state index < -0.39 is 0 Å². The molecule has 1 aliphatic rings. The Morgan fingerprint density at radius 1 is 1.18 bits per heavy atom. The van der Waals surface area contributed by atoms with Gasteiger partial charge in [0, 0.05) is 20.0 Å². The number of benzene rings is 1. The zero-order chi connectivity index (χ0) is 16.1. The highest BCUT2D eigenvalue weighted by atomic mass is 16.2. The van der Waals surface area contributed by atoms with Crippen molar-refractivity contribution in [3.63, 3.8) is 0 Å². The molecular formula is C18H26N2O2. The van der Waals surface area contributed by atoms with Gasteiger partial charge in [0.15, 0.2) is 0 Å². The molecule has 4 heteroatoms. The normalized spacial score (nSPS) is 21.5. The van der Waals surface area contributed by atoms with Crippen molar-refractivity contribution in [2.75, 3.05) is 13.1 Å². The van der Waals surface area contributed by atoms with Crippen LogP contribution in [0.3, 0.4) is 0 Å². The molecule has 1 saturated heterocycles. The number of hydrogen-bond acceptors (Lipinski definition) is 2. The molecule has 120 valence electrons. The maximum atomic E-state index is 12.0. The second-order valence-electron chi connectivity index (χ2n) is 5.95. The fourth-order valence-corrected chi connectivity index (χ4v) is 3.17. The third-order valence-electron chi connectivity index (χ3n) is 4.48. The smallest absolute Gasteiger partial charge is 0.224 e. The van der Waals surface area contributed by atoms with E-state index in [9.17, 15) is 9.59 Å². The molecule has 1 aromatic rings. The number of amides is 2. The number of hydrogen-bond donors (Lipinski definition) is 1. The van der Waals surface area contributed by atoms with Gasteiger partial charge in [-0.2, -0.15) is 0 Å². The lowest BCUT2D eigenvalue weighted by Gasteiger charge is -2.39. The van der Waals surface area contributed by atoms with E-state index in [1.165, 1.54) is 11.1 Å². The van der Waals surface area contributed by atoms with Gasteiger partial charge in [0.25, 0.3) is 0 Å². The third kappa shape index (κ3) is 3.67. The predicted molar refractivity (Wildman–Crippen MR) is 87.4 cm³/mol. The van der Waals surface area contributed by atoms with E-state index in [4.69, 9.17) is 0 Å². The van der Waals surface area contributed by atoms with Crippen molar-refractivity contribution < 1.29 is 9.59 Å². The summed E-state index contributed by atoms with van der Waals surface area (Å²) in [7, 11) is 0. The molecule has 22 heavy (non-hydrogen) atoms. The van der Waals surface area contributed by atoms with Crippen LogP contribution >= 0.6 is 0 Å². The molecule has 2 rings (SSSR count). The van der Waals surface area contributed by atoms with Crippen LogP contribution in [0.4, 0.5) is 0 Å². The number of carbonyl (C=O) groups excluding carboxylic acids is 2. The summed E-state index contributed by atoms with van der Waals surface area (Å²) < 4.78 is 0.